The van der Waals surface area contributed by atoms with Crippen LogP contribution in [0.25, 0.3) is 0 Å². The summed E-state index contributed by atoms with van der Waals surface area (Å²) < 4.78 is 0. The Hall–Kier alpha value is -1.39. The predicted molar refractivity (Wildman–Crippen MR) is 88.5 cm³/mol. The lowest BCUT2D eigenvalue weighted by Gasteiger charge is -2.35. The highest BCUT2D eigenvalue weighted by atomic mass is 16.2. The largest absolute Gasteiger partial charge is 0.340 e. The molecule has 0 radical (unpaired) electrons. The average molecular weight is 301 g/mol. The third kappa shape index (κ3) is 4.08. The third-order valence-corrected chi connectivity index (χ3v) is 4.93. The van der Waals surface area contributed by atoms with E-state index >= 15 is 0 Å². The minimum atomic E-state index is 0.361. The fourth-order valence-electron chi connectivity index (χ4n) is 3.57. The van der Waals surface area contributed by atoms with E-state index in [0.717, 1.165) is 52.2 Å². The Kier molecular flexibility index (Phi) is 5.11. The topological polar surface area (TPSA) is 26.8 Å². The Bertz CT molecular complexity index is 482. The number of likely N-dealkylation sites (tertiary alicyclic amines) is 1. The van der Waals surface area contributed by atoms with E-state index in [1.165, 1.54) is 12.0 Å². The molecule has 0 N–H and O–H groups in total. The second-order valence-electron chi connectivity index (χ2n) is 6.76. The maximum absolute atomic E-state index is 12.4. The Labute approximate surface area is 133 Å². The van der Waals surface area contributed by atoms with Crippen molar-refractivity contribution in [2.24, 2.45) is 5.92 Å². The molecule has 0 aliphatic carbocycles. The number of carbonyl (C=O) groups excluding carboxylic acids is 1. The number of hydrogen-bond acceptors (Lipinski definition) is 3. The van der Waals surface area contributed by atoms with Crippen LogP contribution in [0, 0.1) is 5.92 Å². The summed E-state index contributed by atoms with van der Waals surface area (Å²) in [6.07, 6.45) is 1.92. The normalized spacial score (nSPS) is 23.9. The molecule has 2 saturated heterocycles. The Balaban J connectivity index is 1.42. The molecule has 2 aliphatic heterocycles. The molecular formula is C18H27N3O. The fraction of sp³-hybridized carbons (Fsp3) is 0.611. The summed E-state index contributed by atoms with van der Waals surface area (Å²) in [6.45, 7) is 6.97. The van der Waals surface area contributed by atoms with Gasteiger partial charge in [0.05, 0.1) is 0 Å². The van der Waals surface area contributed by atoms with Crippen LogP contribution in [0.3, 0.4) is 0 Å². The molecule has 2 fully saturated rings. The first kappa shape index (κ1) is 15.5. The third-order valence-electron chi connectivity index (χ3n) is 4.93. The van der Waals surface area contributed by atoms with Gasteiger partial charge in [-0.2, -0.15) is 0 Å². The standard InChI is InChI=1S/C18H27N3O/c1-19-8-7-17(14-19)13-18(22)21-11-9-20(10-12-21)15-16-5-3-2-4-6-16/h2-6,17H,7-15H2,1H3. The lowest BCUT2D eigenvalue weighted by molar-refractivity contribution is -0.133. The lowest BCUT2D eigenvalue weighted by atomic mass is 10.0. The second kappa shape index (κ2) is 7.25. The zero-order valence-corrected chi connectivity index (χ0v) is 13.6. The van der Waals surface area contributed by atoms with Crippen LogP contribution >= 0.6 is 0 Å². The van der Waals surface area contributed by atoms with Gasteiger partial charge in [0.15, 0.2) is 0 Å². The number of nitrogens with zero attached hydrogens (tertiary/aromatic N) is 3. The van der Waals surface area contributed by atoms with Crippen molar-refractivity contribution >= 4 is 5.91 Å². The average Bonchev–Trinajstić information content (AvgIpc) is 2.94. The van der Waals surface area contributed by atoms with Gasteiger partial charge in [-0.05, 0) is 31.5 Å². The molecule has 0 bridgehead atoms. The van der Waals surface area contributed by atoms with Crippen molar-refractivity contribution in [2.45, 2.75) is 19.4 Å². The summed E-state index contributed by atoms with van der Waals surface area (Å²) in [5.74, 6) is 0.930. The van der Waals surface area contributed by atoms with Crippen LogP contribution in [0.2, 0.25) is 0 Å². The minimum Gasteiger partial charge on any atom is -0.340 e. The molecule has 4 nitrogen and oxygen atoms in total. The number of carbonyl (C=O) groups is 1. The van der Waals surface area contributed by atoms with Gasteiger partial charge < -0.3 is 9.80 Å². The summed E-state index contributed by atoms with van der Waals surface area (Å²) in [4.78, 5) is 19.3. The molecular weight excluding hydrogens is 274 g/mol. The molecule has 4 heteroatoms. The van der Waals surface area contributed by atoms with Gasteiger partial charge in [-0.15, -0.1) is 0 Å². The molecule has 1 aromatic carbocycles. The monoisotopic (exact) mass is 301 g/mol. The van der Waals surface area contributed by atoms with Gasteiger partial charge in [-0.1, -0.05) is 30.3 Å². The summed E-state index contributed by atoms with van der Waals surface area (Å²) in [6, 6.07) is 10.6. The molecule has 0 aromatic heterocycles. The number of rotatable bonds is 4. The molecule has 1 atom stereocenters. The second-order valence-corrected chi connectivity index (χ2v) is 6.76. The van der Waals surface area contributed by atoms with Crippen LogP contribution in [0.5, 0.6) is 0 Å². The molecule has 0 spiro atoms. The fourth-order valence-corrected chi connectivity index (χ4v) is 3.57. The molecule has 0 saturated carbocycles. The van der Waals surface area contributed by atoms with E-state index in [4.69, 9.17) is 0 Å². The van der Waals surface area contributed by atoms with Gasteiger partial charge in [-0.3, -0.25) is 9.69 Å². The summed E-state index contributed by atoms with van der Waals surface area (Å²) in [7, 11) is 2.15. The quantitative estimate of drug-likeness (QED) is 0.846. The molecule has 2 heterocycles. The first-order chi connectivity index (χ1) is 10.7. The van der Waals surface area contributed by atoms with E-state index in [0.29, 0.717) is 11.8 Å². The van der Waals surface area contributed by atoms with Crippen LogP contribution < -0.4 is 0 Å². The Morgan fingerprint density at radius 1 is 1.09 bits per heavy atom. The van der Waals surface area contributed by atoms with Crippen LogP contribution in [0.15, 0.2) is 30.3 Å². The first-order valence-electron chi connectivity index (χ1n) is 8.43. The van der Waals surface area contributed by atoms with Gasteiger partial charge >= 0.3 is 0 Å². The summed E-state index contributed by atoms with van der Waals surface area (Å²) in [5, 5.41) is 0. The zero-order chi connectivity index (χ0) is 15.4. The van der Waals surface area contributed by atoms with Gasteiger partial charge in [0.2, 0.25) is 5.91 Å². The van der Waals surface area contributed by atoms with Crippen LogP contribution in [-0.2, 0) is 11.3 Å². The van der Waals surface area contributed by atoms with Crippen molar-refractivity contribution < 1.29 is 4.79 Å². The molecule has 120 valence electrons. The van der Waals surface area contributed by atoms with Crippen molar-refractivity contribution in [2.75, 3.05) is 46.3 Å². The van der Waals surface area contributed by atoms with Gasteiger partial charge in [0.25, 0.3) is 0 Å². The van der Waals surface area contributed by atoms with E-state index in [1.807, 2.05) is 0 Å². The van der Waals surface area contributed by atoms with Gasteiger partial charge in [-0.25, -0.2) is 0 Å². The van der Waals surface area contributed by atoms with E-state index in [2.05, 4.69) is 52.1 Å². The van der Waals surface area contributed by atoms with Crippen molar-refractivity contribution in [3.05, 3.63) is 35.9 Å². The first-order valence-corrected chi connectivity index (χ1v) is 8.43. The highest BCUT2D eigenvalue weighted by Crippen LogP contribution is 2.19. The summed E-state index contributed by atoms with van der Waals surface area (Å²) in [5.41, 5.74) is 1.36. The molecule has 3 rings (SSSR count). The van der Waals surface area contributed by atoms with Crippen LogP contribution in [0.1, 0.15) is 18.4 Å². The maximum Gasteiger partial charge on any atom is 0.222 e. The lowest BCUT2D eigenvalue weighted by Crippen LogP contribution is -2.48. The predicted octanol–water partition coefficient (Wildman–Crippen LogP) is 1.67. The van der Waals surface area contributed by atoms with E-state index in [1.54, 1.807) is 0 Å². The van der Waals surface area contributed by atoms with Crippen molar-refractivity contribution in [3.8, 4) is 0 Å². The van der Waals surface area contributed by atoms with Crippen molar-refractivity contribution in [1.82, 2.24) is 14.7 Å². The van der Waals surface area contributed by atoms with Gasteiger partial charge in [0, 0.05) is 45.7 Å². The van der Waals surface area contributed by atoms with E-state index in [-0.39, 0.29) is 0 Å². The maximum atomic E-state index is 12.4. The zero-order valence-electron chi connectivity index (χ0n) is 13.6. The number of benzene rings is 1. The van der Waals surface area contributed by atoms with Gasteiger partial charge in [0.1, 0.15) is 0 Å². The molecule has 22 heavy (non-hydrogen) atoms. The van der Waals surface area contributed by atoms with Crippen molar-refractivity contribution in [3.63, 3.8) is 0 Å². The number of piperazine rings is 1. The highest BCUT2D eigenvalue weighted by Gasteiger charge is 2.26. The van der Waals surface area contributed by atoms with Crippen molar-refractivity contribution in [1.29, 1.82) is 0 Å². The van der Waals surface area contributed by atoms with E-state index < -0.39 is 0 Å². The minimum absolute atomic E-state index is 0.361. The molecule has 1 unspecified atom stereocenters. The highest BCUT2D eigenvalue weighted by molar-refractivity contribution is 5.76. The van der Waals surface area contributed by atoms with Crippen LogP contribution in [-0.4, -0.2) is 66.9 Å². The Morgan fingerprint density at radius 3 is 2.45 bits per heavy atom. The molecule has 2 aliphatic rings. The summed E-state index contributed by atoms with van der Waals surface area (Å²) >= 11 is 0. The number of amides is 1. The smallest absolute Gasteiger partial charge is 0.222 e. The van der Waals surface area contributed by atoms with Crippen LogP contribution in [0.4, 0.5) is 0 Å². The SMILES string of the molecule is CN1CCC(CC(=O)N2CCN(Cc3ccccc3)CC2)C1. The molecule has 1 amide bonds. The Morgan fingerprint density at radius 2 is 1.82 bits per heavy atom. The number of hydrogen-bond donors (Lipinski definition) is 0. The molecule has 1 aromatic rings. The van der Waals surface area contributed by atoms with E-state index in [9.17, 15) is 4.79 Å².